The van der Waals surface area contributed by atoms with Crippen LogP contribution in [0.3, 0.4) is 0 Å². The molecule has 1 aromatic heterocycles. The van der Waals surface area contributed by atoms with Crippen LogP contribution in [0.2, 0.25) is 0 Å². The van der Waals surface area contributed by atoms with Gasteiger partial charge >= 0.3 is 0 Å². The fourth-order valence-electron chi connectivity index (χ4n) is 1.18. The summed E-state index contributed by atoms with van der Waals surface area (Å²) < 4.78 is 0. The van der Waals surface area contributed by atoms with Gasteiger partial charge in [0.25, 0.3) is 0 Å². The van der Waals surface area contributed by atoms with Crippen LogP contribution in [0.15, 0.2) is 24.4 Å². The molecule has 0 saturated heterocycles. The number of pyridine rings is 1. The first-order valence-corrected chi connectivity index (χ1v) is 5.84. The maximum absolute atomic E-state index is 11.5. The molecule has 0 bridgehead atoms. The van der Waals surface area contributed by atoms with Crippen molar-refractivity contribution < 1.29 is 9.59 Å². The molecule has 5 nitrogen and oxygen atoms in total. The van der Waals surface area contributed by atoms with E-state index in [1.54, 1.807) is 27.0 Å². The smallest absolute Gasteiger partial charge is 0.239 e. The second kappa shape index (κ2) is 6.14. The van der Waals surface area contributed by atoms with Crippen LogP contribution in [0.5, 0.6) is 0 Å². The Morgan fingerprint density at radius 2 is 1.94 bits per heavy atom. The Morgan fingerprint density at radius 3 is 2.50 bits per heavy atom. The van der Waals surface area contributed by atoms with Gasteiger partial charge in [0.2, 0.25) is 11.8 Å². The Kier molecular flexibility index (Phi) is 4.83. The first-order valence-electron chi connectivity index (χ1n) is 5.84. The van der Waals surface area contributed by atoms with Crippen LogP contribution in [0, 0.1) is 5.41 Å². The predicted molar refractivity (Wildman–Crippen MR) is 68.5 cm³/mol. The van der Waals surface area contributed by atoms with Gasteiger partial charge in [0.15, 0.2) is 0 Å². The summed E-state index contributed by atoms with van der Waals surface area (Å²) >= 11 is 0. The van der Waals surface area contributed by atoms with E-state index in [-0.39, 0.29) is 18.4 Å². The number of nitrogens with one attached hydrogen (secondary N) is 2. The largest absolute Gasteiger partial charge is 0.349 e. The number of nitrogens with zero attached hydrogens (tertiary/aromatic N) is 1. The van der Waals surface area contributed by atoms with Crippen LogP contribution in [0.25, 0.3) is 0 Å². The van der Waals surface area contributed by atoms with Gasteiger partial charge in [0, 0.05) is 11.6 Å². The Morgan fingerprint density at radius 1 is 1.22 bits per heavy atom. The van der Waals surface area contributed by atoms with Gasteiger partial charge in [-0.05, 0) is 12.1 Å². The molecule has 18 heavy (non-hydrogen) atoms. The van der Waals surface area contributed by atoms with Crippen molar-refractivity contribution in [3.63, 3.8) is 0 Å². The summed E-state index contributed by atoms with van der Waals surface area (Å²) in [5.74, 6) is -0.367. The number of hydrogen-bond acceptors (Lipinski definition) is 3. The molecular weight excluding hydrogens is 230 g/mol. The lowest BCUT2D eigenvalue weighted by Gasteiger charge is -2.17. The Bertz CT molecular complexity index is 410. The zero-order chi connectivity index (χ0) is 13.6. The third-order valence-electron chi connectivity index (χ3n) is 2.28. The molecule has 0 radical (unpaired) electrons. The highest BCUT2D eigenvalue weighted by molar-refractivity contribution is 5.87. The van der Waals surface area contributed by atoms with E-state index in [4.69, 9.17) is 0 Å². The molecule has 0 spiro atoms. The molecule has 98 valence electrons. The van der Waals surface area contributed by atoms with Gasteiger partial charge in [-0.25, -0.2) is 0 Å². The average molecular weight is 249 g/mol. The number of amides is 2. The molecule has 0 atom stereocenters. The molecule has 0 aliphatic rings. The molecule has 0 aromatic carbocycles. The normalized spacial score (nSPS) is 10.8. The third kappa shape index (κ3) is 4.95. The number of carbonyl (C=O) groups is 2. The van der Waals surface area contributed by atoms with E-state index in [1.807, 2.05) is 18.2 Å². The summed E-state index contributed by atoms with van der Waals surface area (Å²) in [6.07, 6.45) is 1.67. The minimum atomic E-state index is -0.485. The van der Waals surface area contributed by atoms with Crippen LogP contribution in [-0.2, 0) is 16.1 Å². The molecular formula is C13H19N3O2. The van der Waals surface area contributed by atoms with E-state index in [0.717, 1.165) is 5.69 Å². The summed E-state index contributed by atoms with van der Waals surface area (Å²) in [5, 5.41) is 5.28. The summed E-state index contributed by atoms with van der Waals surface area (Å²) in [6.45, 7) is 5.75. The lowest BCUT2D eigenvalue weighted by molar-refractivity contribution is -0.131. The van der Waals surface area contributed by atoms with Crippen molar-refractivity contribution in [2.24, 2.45) is 5.41 Å². The van der Waals surface area contributed by atoms with Crippen LogP contribution in [0.4, 0.5) is 0 Å². The van der Waals surface area contributed by atoms with E-state index >= 15 is 0 Å². The van der Waals surface area contributed by atoms with Crippen LogP contribution >= 0.6 is 0 Å². The molecule has 0 saturated carbocycles. The van der Waals surface area contributed by atoms with E-state index in [0.29, 0.717) is 6.54 Å². The highest BCUT2D eigenvalue weighted by Crippen LogP contribution is 2.11. The average Bonchev–Trinajstić information content (AvgIpc) is 2.33. The number of rotatable bonds is 4. The Labute approximate surface area is 107 Å². The lowest BCUT2D eigenvalue weighted by atomic mass is 9.96. The van der Waals surface area contributed by atoms with Gasteiger partial charge in [-0.3, -0.25) is 14.6 Å². The maximum Gasteiger partial charge on any atom is 0.239 e. The quantitative estimate of drug-likeness (QED) is 0.831. The van der Waals surface area contributed by atoms with Crippen molar-refractivity contribution >= 4 is 11.8 Å². The molecule has 1 heterocycles. The molecule has 2 amide bonds. The van der Waals surface area contributed by atoms with Crippen molar-refractivity contribution in [3.8, 4) is 0 Å². The predicted octanol–water partition coefficient (Wildman–Crippen LogP) is 0.860. The van der Waals surface area contributed by atoms with Gasteiger partial charge in [-0.2, -0.15) is 0 Å². The SMILES string of the molecule is CC(C)(C)C(=O)NCC(=O)NCc1ccccn1. The molecule has 1 aromatic rings. The molecule has 0 unspecified atom stereocenters. The number of aromatic nitrogens is 1. The van der Waals surface area contributed by atoms with Gasteiger partial charge < -0.3 is 10.6 Å². The molecule has 1 rings (SSSR count). The highest BCUT2D eigenvalue weighted by Gasteiger charge is 2.21. The van der Waals surface area contributed by atoms with Crippen LogP contribution < -0.4 is 10.6 Å². The highest BCUT2D eigenvalue weighted by atomic mass is 16.2. The van der Waals surface area contributed by atoms with Crippen LogP contribution in [-0.4, -0.2) is 23.3 Å². The second-order valence-corrected chi connectivity index (χ2v) is 5.03. The van der Waals surface area contributed by atoms with Gasteiger partial charge in [0.05, 0.1) is 18.8 Å². The molecule has 2 N–H and O–H groups in total. The molecule has 0 aliphatic carbocycles. The number of carbonyl (C=O) groups excluding carboxylic acids is 2. The minimum absolute atomic E-state index is 0.0110. The third-order valence-corrected chi connectivity index (χ3v) is 2.28. The maximum atomic E-state index is 11.5. The van der Waals surface area contributed by atoms with E-state index in [9.17, 15) is 9.59 Å². The van der Waals surface area contributed by atoms with E-state index in [2.05, 4.69) is 15.6 Å². The lowest BCUT2D eigenvalue weighted by Crippen LogP contribution is -2.41. The van der Waals surface area contributed by atoms with Crippen LogP contribution in [0.1, 0.15) is 26.5 Å². The van der Waals surface area contributed by atoms with Crippen molar-refractivity contribution in [1.29, 1.82) is 0 Å². The molecule has 0 aliphatic heterocycles. The van der Waals surface area contributed by atoms with Gasteiger partial charge in [0.1, 0.15) is 0 Å². The van der Waals surface area contributed by atoms with Gasteiger partial charge in [-0.1, -0.05) is 26.8 Å². The van der Waals surface area contributed by atoms with Crippen molar-refractivity contribution in [1.82, 2.24) is 15.6 Å². The first kappa shape index (κ1) is 14.2. The Hall–Kier alpha value is -1.91. The van der Waals surface area contributed by atoms with Crippen molar-refractivity contribution in [2.45, 2.75) is 27.3 Å². The van der Waals surface area contributed by atoms with Crippen molar-refractivity contribution in [2.75, 3.05) is 6.54 Å². The standard InChI is InChI=1S/C13H19N3O2/c1-13(2,3)12(18)16-9-11(17)15-8-10-6-4-5-7-14-10/h4-7H,8-9H2,1-3H3,(H,15,17)(H,16,18). The summed E-state index contributed by atoms with van der Waals surface area (Å²) in [5.41, 5.74) is 0.300. The zero-order valence-corrected chi connectivity index (χ0v) is 11.0. The van der Waals surface area contributed by atoms with Crippen molar-refractivity contribution in [3.05, 3.63) is 30.1 Å². The number of hydrogen-bond donors (Lipinski definition) is 2. The summed E-state index contributed by atoms with van der Waals surface area (Å²) in [6, 6.07) is 5.50. The monoisotopic (exact) mass is 249 g/mol. The summed E-state index contributed by atoms with van der Waals surface area (Å²) in [4.78, 5) is 27.1. The van der Waals surface area contributed by atoms with Gasteiger partial charge in [-0.15, -0.1) is 0 Å². The molecule has 0 fully saturated rings. The molecule has 5 heteroatoms. The fourth-order valence-corrected chi connectivity index (χ4v) is 1.18. The minimum Gasteiger partial charge on any atom is -0.349 e. The van der Waals surface area contributed by atoms with E-state index in [1.165, 1.54) is 0 Å². The summed E-state index contributed by atoms with van der Waals surface area (Å²) in [7, 11) is 0. The zero-order valence-electron chi connectivity index (χ0n) is 11.0. The fraction of sp³-hybridized carbons (Fsp3) is 0.462. The Balaban J connectivity index is 2.29. The first-order chi connectivity index (χ1) is 8.39. The van der Waals surface area contributed by atoms with E-state index < -0.39 is 5.41 Å². The topological polar surface area (TPSA) is 71.1 Å². The second-order valence-electron chi connectivity index (χ2n) is 5.03.